The summed E-state index contributed by atoms with van der Waals surface area (Å²) in [5.41, 5.74) is 6.35. The van der Waals surface area contributed by atoms with E-state index in [1.54, 1.807) is 22.8 Å². The summed E-state index contributed by atoms with van der Waals surface area (Å²) in [4.78, 5) is 38.7. The number of allylic oxidation sites excluding steroid dienone is 1. The van der Waals surface area contributed by atoms with Gasteiger partial charge in [-0.05, 0) is 65.6 Å². The lowest BCUT2D eigenvalue weighted by Gasteiger charge is -2.30. The first-order valence-electron chi connectivity index (χ1n) is 13.6. The fourth-order valence-corrected chi connectivity index (χ4v) is 7.55. The molecule has 11 heteroatoms. The third-order valence-corrected chi connectivity index (χ3v) is 9.50. The Balaban J connectivity index is 1.23. The van der Waals surface area contributed by atoms with Crippen molar-refractivity contribution in [1.82, 2.24) is 14.5 Å². The van der Waals surface area contributed by atoms with Crippen molar-refractivity contribution in [2.75, 3.05) is 0 Å². The molecule has 3 aromatic carbocycles. The van der Waals surface area contributed by atoms with Crippen LogP contribution in [0.2, 0.25) is 0 Å². The van der Waals surface area contributed by atoms with E-state index in [-0.39, 0.29) is 11.2 Å². The summed E-state index contributed by atoms with van der Waals surface area (Å²) in [5.74, 6) is 0.532. The maximum absolute atomic E-state index is 14.0. The molecule has 4 heterocycles. The van der Waals surface area contributed by atoms with Gasteiger partial charge in [-0.3, -0.25) is 19.5 Å². The summed E-state index contributed by atoms with van der Waals surface area (Å²) in [6.07, 6.45) is 3.24. The first-order valence-corrected chi connectivity index (χ1v) is 15.2. The van der Waals surface area contributed by atoms with Crippen molar-refractivity contribution in [1.29, 1.82) is 0 Å². The number of thiazole rings is 1. The van der Waals surface area contributed by atoms with Gasteiger partial charge in [0.1, 0.15) is 5.76 Å². The van der Waals surface area contributed by atoms with Crippen LogP contribution >= 0.6 is 23.1 Å². The van der Waals surface area contributed by atoms with Gasteiger partial charge in [-0.25, -0.2) is 9.98 Å². The summed E-state index contributed by atoms with van der Waals surface area (Å²) >= 11 is 2.66. The van der Waals surface area contributed by atoms with Crippen LogP contribution in [0.4, 0.5) is 5.69 Å². The summed E-state index contributed by atoms with van der Waals surface area (Å²) < 4.78 is 8.20. The van der Waals surface area contributed by atoms with Crippen molar-refractivity contribution >= 4 is 51.6 Å². The van der Waals surface area contributed by atoms with Crippen molar-refractivity contribution in [2.45, 2.75) is 29.1 Å². The Morgan fingerprint density at radius 1 is 1.05 bits per heavy atom. The van der Waals surface area contributed by atoms with E-state index in [2.05, 4.69) is 22.1 Å². The van der Waals surface area contributed by atoms with E-state index in [1.165, 1.54) is 34.7 Å². The fourth-order valence-electron chi connectivity index (χ4n) is 5.80. The molecule has 0 spiro atoms. The number of benzene rings is 3. The molecule has 0 radical (unpaired) electrons. The predicted molar refractivity (Wildman–Crippen MR) is 165 cm³/mol. The molecule has 1 N–H and O–H groups in total. The van der Waals surface area contributed by atoms with E-state index in [1.807, 2.05) is 54.6 Å². The molecule has 1 aliphatic carbocycles. The number of H-pyrrole nitrogens is 1. The number of hydrogen-bond donors (Lipinski definition) is 1. The largest absolute Gasteiger partial charge is 0.450 e. The molecular weight excluding hydrogens is 583 g/mol. The van der Waals surface area contributed by atoms with Gasteiger partial charge in [0.05, 0.1) is 32.2 Å². The van der Waals surface area contributed by atoms with Gasteiger partial charge in [-0.15, -0.1) is 0 Å². The number of fused-ring (bicyclic) bond motifs is 4. The Bertz CT molecular complexity index is 2280. The second kappa shape index (κ2) is 10.1. The van der Waals surface area contributed by atoms with Gasteiger partial charge in [0.2, 0.25) is 0 Å². The molecule has 0 fully saturated rings. The zero-order chi connectivity index (χ0) is 29.1. The Kier molecular flexibility index (Phi) is 6.02. The average molecular weight is 604 g/mol. The monoisotopic (exact) mass is 603 g/mol. The van der Waals surface area contributed by atoms with Crippen LogP contribution in [0.15, 0.2) is 115 Å². The standard InChI is InChI=1S/C32H21N5O4S2/c38-30-26(17-21-13-15-27(41-21)43-31-33-24-10-3-4-11-25(24)34-31)42-32-35-28-22-9-2-1-6-18(22)12-14-23(28)29(36(30)32)19-7-5-8-20(16-19)37(39)40/h1-11,13,15-17,29H,12,14H2,(H,33,34)/b26-17-/t29-/m1/s1. The molecule has 210 valence electrons. The van der Waals surface area contributed by atoms with Crippen LogP contribution < -0.4 is 14.9 Å². The van der Waals surface area contributed by atoms with Crippen LogP contribution in [0.25, 0.3) is 22.8 Å². The van der Waals surface area contributed by atoms with E-state index in [0.29, 0.717) is 37.3 Å². The smallest absolute Gasteiger partial charge is 0.271 e. The van der Waals surface area contributed by atoms with Gasteiger partial charge in [-0.1, -0.05) is 59.9 Å². The number of nitro groups is 1. The Morgan fingerprint density at radius 3 is 2.79 bits per heavy atom. The highest BCUT2D eigenvalue weighted by molar-refractivity contribution is 7.99. The summed E-state index contributed by atoms with van der Waals surface area (Å²) in [6.45, 7) is 0. The van der Waals surface area contributed by atoms with Crippen LogP contribution in [0.1, 0.15) is 34.9 Å². The van der Waals surface area contributed by atoms with Crippen LogP contribution in [-0.4, -0.2) is 19.5 Å². The van der Waals surface area contributed by atoms with Gasteiger partial charge in [0, 0.05) is 23.8 Å². The van der Waals surface area contributed by atoms with E-state index in [9.17, 15) is 14.9 Å². The predicted octanol–water partition coefficient (Wildman–Crippen LogP) is 5.85. The fraction of sp³-hybridized carbons (Fsp3) is 0.0938. The van der Waals surface area contributed by atoms with Crippen molar-refractivity contribution in [3.05, 3.63) is 143 Å². The van der Waals surface area contributed by atoms with Crippen molar-refractivity contribution in [2.24, 2.45) is 4.99 Å². The molecule has 43 heavy (non-hydrogen) atoms. The minimum atomic E-state index is -0.502. The van der Waals surface area contributed by atoms with Crippen LogP contribution in [0, 0.1) is 10.1 Å². The molecule has 0 bridgehead atoms. The Labute approximate surface area is 251 Å². The van der Waals surface area contributed by atoms with E-state index >= 15 is 0 Å². The number of aryl methyl sites for hydroxylation is 1. The van der Waals surface area contributed by atoms with Gasteiger partial charge >= 0.3 is 0 Å². The van der Waals surface area contributed by atoms with Gasteiger partial charge in [-0.2, -0.15) is 0 Å². The molecule has 6 aromatic rings. The third-order valence-electron chi connectivity index (χ3n) is 7.71. The minimum absolute atomic E-state index is 0.0138. The molecule has 9 nitrogen and oxygen atoms in total. The molecule has 3 aromatic heterocycles. The van der Waals surface area contributed by atoms with Gasteiger partial charge < -0.3 is 9.40 Å². The molecule has 0 saturated carbocycles. The number of furan rings is 1. The number of aromatic amines is 1. The molecule has 0 saturated heterocycles. The second-order valence-electron chi connectivity index (χ2n) is 10.3. The summed E-state index contributed by atoms with van der Waals surface area (Å²) in [6, 6.07) is 25.7. The molecule has 1 atom stereocenters. The lowest BCUT2D eigenvalue weighted by Crippen LogP contribution is -2.38. The molecule has 8 rings (SSSR count). The molecular formula is C32H21N5O4S2. The molecule has 0 amide bonds. The van der Waals surface area contributed by atoms with Crippen molar-refractivity contribution in [3.63, 3.8) is 0 Å². The van der Waals surface area contributed by atoms with Crippen LogP contribution in [0.3, 0.4) is 0 Å². The number of hydrogen-bond acceptors (Lipinski definition) is 8. The van der Waals surface area contributed by atoms with E-state index in [0.717, 1.165) is 34.3 Å². The zero-order valence-corrected chi connectivity index (χ0v) is 24.0. The van der Waals surface area contributed by atoms with Crippen molar-refractivity contribution < 1.29 is 9.34 Å². The highest BCUT2D eigenvalue weighted by Gasteiger charge is 2.33. The molecule has 2 aliphatic rings. The van der Waals surface area contributed by atoms with Gasteiger partial charge in [0.25, 0.3) is 11.2 Å². The number of nitrogens with one attached hydrogen (secondary N) is 1. The zero-order valence-electron chi connectivity index (χ0n) is 22.4. The number of nitrogens with zero attached hydrogens (tertiary/aromatic N) is 4. The van der Waals surface area contributed by atoms with E-state index in [4.69, 9.17) is 9.41 Å². The normalized spacial score (nSPS) is 16.1. The Morgan fingerprint density at radius 2 is 1.91 bits per heavy atom. The lowest BCUT2D eigenvalue weighted by atomic mass is 9.83. The van der Waals surface area contributed by atoms with Crippen LogP contribution in [-0.2, 0) is 6.42 Å². The number of aromatic nitrogens is 3. The molecule has 0 unspecified atom stereocenters. The molecule has 1 aliphatic heterocycles. The SMILES string of the molecule is O=c1/c(=C/c2ccc(Sc3nc4ccccc4[nH]3)o2)sc2n1[C@H](c1cccc([N+](=O)[O-])c1)C1=C(N=2)c2ccccc2CC1. The Hall–Kier alpha value is -5.00. The van der Waals surface area contributed by atoms with Crippen LogP contribution in [0.5, 0.6) is 0 Å². The average Bonchev–Trinajstić information content (AvgIpc) is 3.73. The first-order chi connectivity index (χ1) is 21.0. The van der Waals surface area contributed by atoms with E-state index < -0.39 is 11.0 Å². The highest BCUT2D eigenvalue weighted by atomic mass is 32.2. The number of imidazole rings is 1. The number of nitro benzene ring substituents is 1. The maximum atomic E-state index is 14.0. The number of non-ortho nitro benzene ring substituents is 1. The second-order valence-corrected chi connectivity index (χ2v) is 12.3. The summed E-state index contributed by atoms with van der Waals surface area (Å²) in [7, 11) is 0. The maximum Gasteiger partial charge on any atom is 0.271 e. The lowest BCUT2D eigenvalue weighted by molar-refractivity contribution is -0.384. The quantitative estimate of drug-likeness (QED) is 0.195. The topological polar surface area (TPSA) is 119 Å². The highest BCUT2D eigenvalue weighted by Crippen LogP contribution is 2.41. The minimum Gasteiger partial charge on any atom is -0.450 e. The summed E-state index contributed by atoms with van der Waals surface area (Å²) in [5, 5.41) is 13.0. The van der Waals surface area contributed by atoms with Gasteiger partial charge in [0.15, 0.2) is 15.1 Å². The third kappa shape index (κ3) is 4.44. The van der Waals surface area contributed by atoms with Crippen molar-refractivity contribution in [3.8, 4) is 0 Å². The number of para-hydroxylation sites is 2. The number of rotatable bonds is 5. The first kappa shape index (κ1) is 25.7.